The average Bonchev–Trinajstić information content (AvgIpc) is 2.44. The van der Waals surface area contributed by atoms with Crippen molar-refractivity contribution in [3.05, 3.63) is 23.8 Å². The van der Waals surface area contributed by atoms with Gasteiger partial charge >= 0.3 is 0 Å². The highest BCUT2D eigenvalue weighted by Crippen LogP contribution is 2.40. The van der Waals surface area contributed by atoms with Crippen molar-refractivity contribution < 1.29 is 9.22 Å². The lowest BCUT2D eigenvalue weighted by Crippen LogP contribution is -2.43. The molecule has 18 heavy (non-hydrogen) atoms. The lowest BCUT2D eigenvalue weighted by atomic mass is 10.1. The van der Waals surface area contributed by atoms with Gasteiger partial charge in [0, 0.05) is 12.0 Å². The highest BCUT2D eigenvalue weighted by Gasteiger charge is 2.41. The van der Waals surface area contributed by atoms with Gasteiger partial charge in [0.15, 0.2) is 14.1 Å². The molecule has 0 aromatic carbocycles. The van der Waals surface area contributed by atoms with Crippen molar-refractivity contribution in [2.75, 3.05) is 0 Å². The Kier molecular flexibility index (Phi) is 4.39. The lowest BCUT2D eigenvalue weighted by molar-refractivity contribution is -0.115. The predicted octanol–water partition coefficient (Wildman–Crippen LogP) is 4.24. The first-order valence-corrected chi connectivity index (χ1v) is 9.52. The van der Waals surface area contributed by atoms with Crippen molar-refractivity contribution in [2.24, 2.45) is 0 Å². The fourth-order valence-corrected chi connectivity index (χ4v) is 3.27. The fraction of sp³-hybridized carbons (Fsp3) is 0.667. The van der Waals surface area contributed by atoms with Crippen LogP contribution in [-0.4, -0.2) is 20.2 Å². The van der Waals surface area contributed by atoms with Gasteiger partial charge in [-0.25, -0.2) is 0 Å². The van der Waals surface area contributed by atoms with Gasteiger partial charge in [-0.3, -0.25) is 4.79 Å². The number of carbonyl (C=O) groups excluding carboxylic acids is 1. The molecule has 0 spiro atoms. The van der Waals surface area contributed by atoms with Crippen LogP contribution in [-0.2, 0) is 9.22 Å². The van der Waals surface area contributed by atoms with Crippen LogP contribution in [0.5, 0.6) is 0 Å². The normalized spacial score (nSPS) is 21.7. The molecule has 1 unspecified atom stereocenters. The van der Waals surface area contributed by atoms with Crippen molar-refractivity contribution in [1.82, 2.24) is 0 Å². The summed E-state index contributed by atoms with van der Waals surface area (Å²) in [6.45, 7) is 16.9. The molecule has 0 saturated heterocycles. The molecular formula is C15H26O2Si. The zero-order chi connectivity index (χ0) is 14.1. The minimum absolute atomic E-state index is 0.00617. The van der Waals surface area contributed by atoms with E-state index in [9.17, 15) is 4.79 Å². The van der Waals surface area contributed by atoms with Crippen LogP contribution in [0.15, 0.2) is 23.8 Å². The van der Waals surface area contributed by atoms with E-state index in [1.807, 2.05) is 6.92 Å². The summed E-state index contributed by atoms with van der Waals surface area (Å²) in [5.41, 5.74) is 2.03. The van der Waals surface area contributed by atoms with Crippen molar-refractivity contribution in [2.45, 2.75) is 64.8 Å². The van der Waals surface area contributed by atoms with Gasteiger partial charge in [0.1, 0.15) is 0 Å². The van der Waals surface area contributed by atoms with E-state index in [1.165, 1.54) is 0 Å². The van der Waals surface area contributed by atoms with E-state index in [0.29, 0.717) is 12.8 Å². The quantitative estimate of drug-likeness (QED) is 0.562. The summed E-state index contributed by atoms with van der Waals surface area (Å²) in [5, 5.41) is 0.178. The van der Waals surface area contributed by atoms with Crippen molar-refractivity contribution in [3.8, 4) is 0 Å². The van der Waals surface area contributed by atoms with Crippen LogP contribution in [0.1, 0.15) is 40.5 Å². The minimum atomic E-state index is -1.81. The monoisotopic (exact) mass is 266 g/mol. The zero-order valence-electron chi connectivity index (χ0n) is 12.6. The Morgan fingerprint density at radius 1 is 1.44 bits per heavy atom. The van der Waals surface area contributed by atoms with Gasteiger partial charge in [0.2, 0.25) is 0 Å². The van der Waals surface area contributed by atoms with Crippen LogP contribution < -0.4 is 0 Å². The molecule has 0 fully saturated rings. The molecule has 0 radical (unpaired) electrons. The molecule has 0 amide bonds. The van der Waals surface area contributed by atoms with Crippen LogP contribution in [0.25, 0.3) is 0 Å². The lowest BCUT2D eigenvalue weighted by Gasteiger charge is -2.38. The van der Waals surface area contributed by atoms with Gasteiger partial charge in [0.25, 0.3) is 0 Å². The maximum Gasteiger partial charge on any atom is 0.192 e. The largest absolute Gasteiger partial charge is 0.410 e. The van der Waals surface area contributed by atoms with Crippen LogP contribution >= 0.6 is 0 Å². The molecule has 1 aliphatic rings. The molecule has 0 aliphatic heterocycles. The van der Waals surface area contributed by atoms with Crippen LogP contribution in [0.3, 0.4) is 0 Å². The predicted molar refractivity (Wildman–Crippen MR) is 79.2 cm³/mol. The van der Waals surface area contributed by atoms with Gasteiger partial charge < -0.3 is 4.43 Å². The topological polar surface area (TPSA) is 26.3 Å². The summed E-state index contributed by atoms with van der Waals surface area (Å²) in [4.78, 5) is 12.0. The molecule has 0 aromatic heterocycles. The molecule has 3 heteroatoms. The van der Waals surface area contributed by atoms with Gasteiger partial charge in [-0.05, 0) is 37.0 Å². The second kappa shape index (κ2) is 5.14. The summed E-state index contributed by atoms with van der Waals surface area (Å²) < 4.78 is 6.35. The van der Waals surface area contributed by atoms with E-state index in [0.717, 1.165) is 11.1 Å². The molecule has 1 atom stereocenters. The molecule has 0 heterocycles. The second-order valence-corrected chi connectivity index (χ2v) is 11.4. The van der Waals surface area contributed by atoms with E-state index in [2.05, 4.69) is 40.4 Å². The maximum atomic E-state index is 12.0. The first-order valence-electron chi connectivity index (χ1n) is 6.61. The Morgan fingerprint density at radius 2 is 2.00 bits per heavy atom. The first-order chi connectivity index (χ1) is 8.10. The molecule has 102 valence electrons. The third-order valence-corrected chi connectivity index (χ3v) is 8.74. The van der Waals surface area contributed by atoms with Crippen LogP contribution in [0, 0.1) is 0 Å². The van der Waals surface area contributed by atoms with E-state index in [-0.39, 0.29) is 16.9 Å². The number of hydrogen-bond acceptors (Lipinski definition) is 2. The smallest absolute Gasteiger partial charge is 0.192 e. The van der Waals surface area contributed by atoms with Gasteiger partial charge in [-0.15, -0.1) is 6.58 Å². The Bertz CT molecular complexity index is 386. The number of allylic oxidation sites excluding steroid dienone is 2. The molecule has 1 aliphatic carbocycles. The maximum absolute atomic E-state index is 12.0. The Labute approximate surface area is 112 Å². The van der Waals surface area contributed by atoms with Gasteiger partial charge in [-0.2, -0.15) is 0 Å². The van der Waals surface area contributed by atoms with Gasteiger partial charge in [-0.1, -0.05) is 26.8 Å². The number of ketones is 1. The van der Waals surface area contributed by atoms with Crippen LogP contribution in [0.2, 0.25) is 18.1 Å². The minimum Gasteiger partial charge on any atom is -0.410 e. The van der Waals surface area contributed by atoms with E-state index in [1.54, 1.807) is 6.08 Å². The first kappa shape index (κ1) is 15.4. The number of hydrogen-bond donors (Lipinski definition) is 0. The summed E-state index contributed by atoms with van der Waals surface area (Å²) in [7, 11) is -1.81. The molecule has 0 saturated carbocycles. The van der Waals surface area contributed by atoms with Crippen molar-refractivity contribution >= 4 is 14.1 Å². The summed E-state index contributed by atoms with van der Waals surface area (Å²) in [5.74, 6) is 0.233. The molecular weight excluding hydrogens is 240 g/mol. The summed E-state index contributed by atoms with van der Waals surface area (Å²) in [6, 6.07) is 0. The zero-order valence-corrected chi connectivity index (χ0v) is 13.6. The molecule has 1 rings (SSSR count). The molecule has 0 N–H and O–H groups in total. The Balaban J connectivity index is 2.89. The SMILES string of the molecule is C=CCC1=C(C)C(O[Si](C)(C)C(C)(C)C)CC1=O. The Hall–Kier alpha value is -0.673. The third kappa shape index (κ3) is 3.01. The number of rotatable bonds is 4. The van der Waals surface area contributed by atoms with Gasteiger partial charge in [0.05, 0.1) is 6.10 Å². The second-order valence-electron chi connectivity index (χ2n) is 6.65. The number of carbonyl (C=O) groups is 1. The molecule has 2 nitrogen and oxygen atoms in total. The van der Waals surface area contributed by atoms with E-state index < -0.39 is 8.32 Å². The standard InChI is InChI=1S/C15H26O2Si/c1-8-9-12-11(2)14(10-13(12)16)17-18(6,7)15(3,4)5/h8,14H,1,9-10H2,2-7H3. The summed E-state index contributed by atoms with van der Waals surface area (Å²) in [6.07, 6.45) is 2.97. The van der Waals surface area contributed by atoms with Crippen molar-refractivity contribution in [1.29, 1.82) is 0 Å². The van der Waals surface area contributed by atoms with E-state index in [4.69, 9.17) is 4.43 Å². The Morgan fingerprint density at radius 3 is 2.44 bits per heavy atom. The fourth-order valence-electron chi connectivity index (χ4n) is 1.94. The molecule has 0 aromatic rings. The number of Topliss-reactive ketones (excluding diaryl/α,β-unsaturated/α-hetero) is 1. The highest BCUT2D eigenvalue weighted by atomic mass is 28.4. The third-order valence-electron chi connectivity index (χ3n) is 4.26. The summed E-state index contributed by atoms with van der Waals surface area (Å²) >= 11 is 0. The van der Waals surface area contributed by atoms with Crippen molar-refractivity contribution in [3.63, 3.8) is 0 Å². The van der Waals surface area contributed by atoms with Crippen LogP contribution in [0.4, 0.5) is 0 Å². The molecule has 0 bridgehead atoms. The van der Waals surface area contributed by atoms with E-state index >= 15 is 0 Å². The highest BCUT2D eigenvalue weighted by molar-refractivity contribution is 6.74. The average molecular weight is 266 g/mol.